The fraction of sp³-hybridized carbons (Fsp3) is 0.0385. The van der Waals surface area contributed by atoms with Gasteiger partial charge in [-0.1, -0.05) is 23.7 Å². The van der Waals surface area contributed by atoms with Crippen LogP contribution in [0, 0.1) is 0 Å². The number of hydrogen-bond acceptors (Lipinski definition) is 4. The molecule has 4 aromatic rings. The molecule has 1 aliphatic heterocycles. The molecule has 0 bridgehead atoms. The average molecular weight is 456 g/mol. The Morgan fingerprint density at radius 3 is 2.76 bits per heavy atom. The first-order valence-corrected chi connectivity index (χ1v) is 10.6. The predicted octanol–water partition coefficient (Wildman–Crippen LogP) is 5.42. The van der Waals surface area contributed by atoms with Crippen molar-refractivity contribution >= 4 is 40.8 Å². The molecule has 1 aliphatic rings. The molecule has 0 saturated heterocycles. The second kappa shape index (κ2) is 8.76. The summed E-state index contributed by atoms with van der Waals surface area (Å²) in [5, 5.41) is 6.28. The van der Waals surface area contributed by atoms with Crippen LogP contribution in [-0.2, 0) is 11.3 Å². The van der Waals surface area contributed by atoms with Gasteiger partial charge in [0.05, 0.1) is 5.57 Å². The summed E-state index contributed by atoms with van der Waals surface area (Å²) in [5.74, 6) is 0.725. The van der Waals surface area contributed by atoms with Crippen molar-refractivity contribution < 1.29 is 14.0 Å². The summed E-state index contributed by atoms with van der Waals surface area (Å²) >= 11 is 6.10. The topological polar surface area (TPSA) is 84.2 Å². The molecule has 0 unspecified atom stereocenters. The number of furan rings is 1. The van der Waals surface area contributed by atoms with Crippen LogP contribution in [0.4, 0.5) is 5.69 Å². The van der Waals surface area contributed by atoms with E-state index < -0.39 is 0 Å². The lowest BCUT2D eigenvalue weighted by atomic mass is 10.1. The summed E-state index contributed by atoms with van der Waals surface area (Å²) in [5.41, 5.74) is 4.19. The number of carbonyl (C=O) groups excluding carboxylic acids is 2. The SMILES string of the molecule is O=C1Nc2ccc(Cl)cc2/C1=C\c1ccc(-c2cccc(C(=O)NCc3ccncc3)c2)o1. The van der Waals surface area contributed by atoms with Gasteiger partial charge in [0, 0.05) is 46.3 Å². The number of aromatic nitrogens is 1. The molecule has 2 amide bonds. The van der Waals surface area contributed by atoms with Gasteiger partial charge in [0.1, 0.15) is 11.5 Å². The Morgan fingerprint density at radius 2 is 1.91 bits per heavy atom. The lowest BCUT2D eigenvalue weighted by molar-refractivity contribution is -0.110. The number of carbonyl (C=O) groups is 2. The van der Waals surface area contributed by atoms with Crippen molar-refractivity contribution in [2.45, 2.75) is 6.54 Å². The Kier molecular flexibility index (Phi) is 5.50. The number of nitrogens with zero attached hydrogens (tertiary/aromatic N) is 1. The van der Waals surface area contributed by atoms with Crippen LogP contribution in [0.5, 0.6) is 0 Å². The number of anilines is 1. The molecule has 0 fully saturated rings. The zero-order valence-corrected chi connectivity index (χ0v) is 18.1. The lowest BCUT2D eigenvalue weighted by Crippen LogP contribution is -2.22. The van der Waals surface area contributed by atoms with Gasteiger partial charge in [-0.15, -0.1) is 0 Å². The van der Waals surface area contributed by atoms with Crippen molar-refractivity contribution in [3.05, 3.63) is 107 Å². The minimum absolute atomic E-state index is 0.182. The summed E-state index contributed by atoms with van der Waals surface area (Å²) in [6.07, 6.45) is 5.06. The van der Waals surface area contributed by atoms with Gasteiger partial charge in [-0.3, -0.25) is 14.6 Å². The second-order valence-corrected chi connectivity index (χ2v) is 7.96. The number of amides is 2. The molecule has 0 spiro atoms. The molecule has 6 nitrogen and oxygen atoms in total. The molecule has 5 rings (SSSR count). The monoisotopic (exact) mass is 455 g/mol. The maximum absolute atomic E-state index is 12.6. The zero-order valence-electron chi connectivity index (χ0n) is 17.3. The van der Waals surface area contributed by atoms with Crippen LogP contribution in [0.2, 0.25) is 5.02 Å². The highest BCUT2D eigenvalue weighted by molar-refractivity contribution is 6.36. The van der Waals surface area contributed by atoms with Crippen LogP contribution < -0.4 is 10.6 Å². The third-order valence-electron chi connectivity index (χ3n) is 5.29. The normalized spacial score (nSPS) is 13.6. The molecule has 7 heteroatoms. The van der Waals surface area contributed by atoms with Gasteiger partial charge in [0.2, 0.25) is 0 Å². The number of hydrogen-bond donors (Lipinski definition) is 2. The zero-order chi connectivity index (χ0) is 22.8. The lowest BCUT2D eigenvalue weighted by Gasteiger charge is -2.06. The van der Waals surface area contributed by atoms with Crippen LogP contribution in [0.25, 0.3) is 23.0 Å². The Hall–Kier alpha value is -4.16. The number of nitrogens with one attached hydrogen (secondary N) is 2. The summed E-state index contributed by atoms with van der Waals surface area (Å²) in [6, 6.07) is 19.8. The van der Waals surface area contributed by atoms with Crippen LogP contribution >= 0.6 is 11.6 Å². The van der Waals surface area contributed by atoms with Crippen molar-refractivity contribution in [3.63, 3.8) is 0 Å². The summed E-state index contributed by atoms with van der Waals surface area (Å²) in [4.78, 5) is 29.0. The highest BCUT2D eigenvalue weighted by Gasteiger charge is 2.24. The Labute approximate surface area is 194 Å². The molecule has 2 aromatic heterocycles. The van der Waals surface area contributed by atoms with E-state index in [-0.39, 0.29) is 11.8 Å². The quantitative estimate of drug-likeness (QED) is 0.394. The van der Waals surface area contributed by atoms with Crippen molar-refractivity contribution in [1.82, 2.24) is 10.3 Å². The minimum Gasteiger partial charge on any atom is -0.457 e. The standard InChI is InChI=1S/C26H18ClN3O3/c27-19-4-6-23-21(13-19)22(26(32)30-23)14-20-5-7-24(33-20)17-2-1-3-18(12-17)25(31)29-15-16-8-10-28-11-9-16/h1-14H,15H2,(H,29,31)(H,30,32)/b22-14+. The highest BCUT2D eigenvalue weighted by atomic mass is 35.5. The molecule has 2 aromatic carbocycles. The van der Waals surface area contributed by atoms with Crippen molar-refractivity contribution in [2.24, 2.45) is 0 Å². The third kappa shape index (κ3) is 4.42. The molecule has 33 heavy (non-hydrogen) atoms. The third-order valence-corrected chi connectivity index (χ3v) is 5.52. The van der Waals surface area contributed by atoms with Crippen molar-refractivity contribution in [2.75, 3.05) is 5.32 Å². The molecular formula is C26H18ClN3O3. The van der Waals surface area contributed by atoms with Gasteiger partial charge >= 0.3 is 0 Å². The van der Waals surface area contributed by atoms with Gasteiger partial charge in [-0.05, 0) is 66.2 Å². The number of pyridine rings is 1. The van der Waals surface area contributed by atoms with E-state index in [4.69, 9.17) is 16.0 Å². The molecule has 0 radical (unpaired) electrons. The van der Waals surface area contributed by atoms with E-state index in [2.05, 4.69) is 15.6 Å². The Morgan fingerprint density at radius 1 is 1.06 bits per heavy atom. The summed E-state index contributed by atoms with van der Waals surface area (Å²) in [6.45, 7) is 0.414. The molecular weight excluding hydrogens is 438 g/mol. The fourth-order valence-corrected chi connectivity index (χ4v) is 3.80. The van der Waals surface area contributed by atoms with E-state index in [1.165, 1.54) is 0 Å². The second-order valence-electron chi connectivity index (χ2n) is 7.52. The van der Waals surface area contributed by atoms with E-state index in [9.17, 15) is 9.59 Å². The van der Waals surface area contributed by atoms with Crippen molar-refractivity contribution in [1.29, 1.82) is 0 Å². The van der Waals surface area contributed by atoms with E-state index in [0.29, 0.717) is 39.9 Å². The largest absolute Gasteiger partial charge is 0.457 e. The molecule has 0 saturated carbocycles. The predicted molar refractivity (Wildman–Crippen MR) is 128 cm³/mol. The maximum Gasteiger partial charge on any atom is 0.256 e. The summed E-state index contributed by atoms with van der Waals surface area (Å²) in [7, 11) is 0. The highest BCUT2D eigenvalue weighted by Crippen LogP contribution is 2.35. The fourth-order valence-electron chi connectivity index (χ4n) is 3.63. The number of fused-ring (bicyclic) bond motifs is 1. The van der Waals surface area contributed by atoms with Gasteiger partial charge < -0.3 is 15.1 Å². The summed E-state index contributed by atoms with van der Waals surface area (Å²) < 4.78 is 5.96. The molecule has 0 aliphatic carbocycles. The number of rotatable bonds is 5. The first-order valence-electron chi connectivity index (χ1n) is 10.3. The van der Waals surface area contributed by atoms with E-state index in [1.807, 2.05) is 24.3 Å². The first kappa shape index (κ1) is 20.7. The number of halogens is 1. The van der Waals surface area contributed by atoms with Crippen LogP contribution in [0.3, 0.4) is 0 Å². The van der Waals surface area contributed by atoms with Crippen LogP contribution in [-0.4, -0.2) is 16.8 Å². The van der Waals surface area contributed by atoms with Crippen LogP contribution in [0.15, 0.2) is 83.5 Å². The Balaban J connectivity index is 1.35. The van der Waals surface area contributed by atoms with Gasteiger partial charge in [0.25, 0.3) is 11.8 Å². The van der Waals surface area contributed by atoms with E-state index in [0.717, 1.165) is 16.7 Å². The first-order chi connectivity index (χ1) is 16.1. The molecule has 0 atom stereocenters. The minimum atomic E-state index is -0.210. The smallest absolute Gasteiger partial charge is 0.256 e. The van der Waals surface area contributed by atoms with Crippen molar-refractivity contribution in [3.8, 4) is 11.3 Å². The van der Waals surface area contributed by atoms with Gasteiger partial charge in [0.15, 0.2) is 0 Å². The van der Waals surface area contributed by atoms with E-state index >= 15 is 0 Å². The molecule has 2 N–H and O–H groups in total. The molecule has 162 valence electrons. The maximum atomic E-state index is 12.6. The number of benzene rings is 2. The van der Waals surface area contributed by atoms with E-state index in [1.54, 1.807) is 60.9 Å². The molecule has 3 heterocycles. The average Bonchev–Trinajstić information content (AvgIpc) is 3.43. The Bertz CT molecular complexity index is 1390. The van der Waals surface area contributed by atoms with Gasteiger partial charge in [-0.2, -0.15) is 0 Å². The van der Waals surface area contributed by atoms with Crippen LogP contribution in [0.1, 0.15) is 27.2 Å². The van der Waals surface area contributed by atoms with Gasteiger partial charge in [-0.25, -0.2) is 0 Å².